The molecule has 0 aromatic carbocycles. The van der Waals surface area contributed by atoms with Crippen molar-refractivity contribution in [2.75, 3.05) is 31.2 Å². The summed E-state index contributed by atoms with van der Waals surface area (Å²) in [5.41, 5.74) is 1.02. The smallest absolute Gasteiger partial charge is 0.227 e. The van der Waals surface area contributed by atoms with E-state index in [1.165, 1.54) is 0 Å². The molecule has 1 fully saturated rings. The van der Waals surface area contributed by atoms with Crippen LogP contribution in [0.1, 0.15) is 19.5 Å². The van der Waals surface area contributed by atoms with Gasteiger partial charge in [-0.15, -0.1) is 0 Å². The molecular weight excluding hydrogens is 238 g/mol. The van der Waals surface area contributed by atoms with E-state index in [4.69, 9.17) is 16.3 Å². The first-order valence-corrected chi connectivity index (χ1v) is 6.39. The van der Waals surface area contributed by atoms with Crippen LogP contribution < -0.4 is 4.90 Å². The highest BCUT2D eigenvalue weighted by atomic mass is 35.5. The molecule has 4 nitrogen and oxygen atoms in total. The van der Waals surface area contributed by atoms with E-state index in [2.05, 4.69) is 28.7 Å². The summed E-state index contributed by atoms with van der Waals surface area (Å²) in [6.07, 6.45) is 0.930. The predicted octanol–water partition coefficient (Wildman–Crippen LogP) is 2.17. The molecule has 0 amide bonds. The van der Waals surface area contributed by atoms with Crippen molar-refractivity contribution in [1.29, 1.82) is 0 Å². The highest BCUT2D eigenvalue weighted by molar-refractivity contribution is 6.29. The fourth-order valence-electron chi connectivity index (χ4n) is 1.88. The van der Waals surface area contributed by atoms with E-state index < -0.39 is 0 Å². The van der Waals surface area contributed by atoms with Gasteiger partial charge in [-0.05, 0) is 18.4 Å². The standard InChI is InChI=1S/C12H18ClN3O/c1-9(2)7-10-8-11(13)15-12(14-10)16-3-5-17-6-4-16/h8-9H,3-7H2,1-2H3. The molecule has 2 heterocycles. The molecular formula is C12H18ClN3O. The van der Waals surface area contributed by atoms with E-state index in [9.17, 15) is 0 Å². The molecule has 1 aliphatic heterocycles. The van der Waals surface area contributed by atoms with E-state index in [-0.39, 0.29) is 0 Å². The van der Waals surface area contributed by atoms with Crippen LogP contribution in [-0.4, -0.2) is 36.3 Å². The number of morpholine rings is 1. The second-order valence-corrected chi connectivity index (χ2v) is 5.07. The Bertz CT molecular complexity index is 378. The highest BCUT2D eigenvalue weighted by Crippen LogP contribution is 2.17. The fourth-order valence-corrected chi connectivity index (χ4v) is 2.08. The van der Waals surface area contributed by atoms with E-state index in [1.807, 2.05) is 6.07 Å². The van der Waals surface area contributed by atoms with Gasteiger partial charge in [0.15, 0.2) is 0 Å². The van der Waals surface area contributed by atoms with E-state index in [0.29, 0.717) is 11.1 Å². The van der Waals surface area contributed by atoms with Gasteiger partial charge in [0.1, 0.15) is 5.15 Å². The van der Waals surface area contributed by atoms with Crippen molar-refractivity contribution in [2.24, 2.45) is 5.92 Å². The van der Waals surface area contributed by atoms with Gasteiger partial charge in [0.05, 0.1) is 13.2 Å². The molecule has 0 saturated carbocycles. The number of nitrogens with zero attached hydrogens (tertiary/aromatic N) is 3. The van der Waals surface area contributed by atoms with Gasteiger partial charge in [-0.3, -0.25) is 0 Å². The maximum Gasteiger partial charge on any atom is 0.227 e. The van der Waals surface area contributed by atoms with Gasteiger partial charge in [0.2, 0.25) is 5.95 Å². The Hall–Kier alpha value is -0.870. The molecule has 0 atom stereocenters. The van der Waals surface area contributed by atoms with Crippen LogP contribution in [0.4, 0.5) is 5.95 Å². The quantitative estimate of drug-likeness (QED) is 0.776. The van der Waals surface area contributed by atoms with Crippen molar-refractivity contribution in [3.05, 3.63) is 16.9 Å². The molecule has 5 heteroatoms. The lowest BCUT2D eigenvalue weighted by Crippen LogP contribution is -2.37. The largest absolute Gasteiger partial charge is 0.378 e. The summed E-state index contributed by atoms with van der Waals surface area (Å²) in [7, 11) is 0. The van der Waals surface area contributed by atoms with Crippen molar-refractivity contribution in [3.8, 4) is 0 Å². The highest BCUT2D eigenvalue weighted by Gasteiger charge is 2.15. The van der Waals surface area contributed by atoms with Gasteiger partial charge in [-0.25, -0.2) is 9.97 Å². The molecule has 2 rings (SSSR count). The SMILES string of the molecule is CC(C)Cc1cc(Cl)nc(N2CCOCC2)n1. The Morgan fingerprint density at radius 3 is 2.71 bits per heavy atom. The van der Waals surface area contributed by atoms with Crippen molar-refractivity contribution in [3.63, 3.8) is 0 Å². The van der Waals surface area contributed by atoms with E-state index >= 15 is 0 Å². The summed E-state index contributed by atoms with van der Waals surface area (Å²) < 4.78 is 5.32. The van der Waals surface area contributed by atoms with Crippen LogP contribution in [-0.2, 0) is 11.2 Å². The summed E-state index contributed by atoms with van der Waals surface area (Å²) in [5.74, 6) is 1.30. The number of halogens is 1. The van der Waals surface area contributed by atoms with Crippen LogP contribution in [0, 0.1) is 5.92 Å². The molecule has 0 spiro atoms. The van der Waals surface area contributed by atoms with Gasteiger partial charge in [0.25, 0.3) is 0 Å². The lowest BCUT2D eigenvalue weighted by molar-refractivity contribution is 0.122. The van der Waals surface area contributed by atoms with Crippen molar-refractivity contribution in [2.45, 2.75) is 20.3 Å². The zero-order valence-electron chi connectivity index (χ0n) is 10.3. The van der Waals surface area contributed by atoms with Gasteiger partial charge >= 0.3 is 0 Å². The number of anilines is 1. The number of hydrogen-bond acceptors (Lipinski definition) is 4. The summed E-state index contributed by atoms with van der Waals surface area (Å²) in [5, 5.41) is 0.525. The van der Waals surface area contributed by atoms with Crippen LogP contribution in [0.5, 0.6) is 0 Å². The molecule has 0 aliphatic carbocycles. The van der Waals surface area contributed by atoms with Crippen molar-refractivity contribution < 1.29 is 4.74 Å². The number of rotatable bonds is 3. The Kier molecular flexibility index (Phi) is 4.18. The Morgan fingerprint density at radius 1 is 1.35 bits per heavy atom. The second kappa shape index (κ2) is 5.65. The average molecular weight is 256 g/mol. The summed E-state index contributed by atoms with van der Waals surface area (Å²) >= 11 is 6.04. The molecule has 1 aromatic rings. The third-order valence-electron chi connectivity index (χ3n) is 2.65. The van der Waals surface area contributed by atoms with Gasteiger partial charge in [-0.1, -0.05) is 25.4 Å². The molecule has 0 radical (unpaired) electrons. The molecule has 17 heavy (non-hydrogen) atoms. The molecule has 0 N–H and O–H groups in total. The maximum atomic E-state index is 6.04. The summed E-state index contributed by atoms with van der Waals surface area (Å²) in [4.78, 5) is 11.0. The topological polar surface area (TPSA) is 38.2 Å². The summed E-state index contributed by atoms with van der Waals surface area (Å²) in [6.45, 7) is 7.47. The molecule has 1 aromatic heterocycles. The fraction of sp³-hybridized carbons (Fsp3) is 0.667. The molecule has 94 valence electrons. The zero-order chi connectivity index (χ0) is 12.3. The zero-order valence-corrected chi connectivity index (χ0v) is 11.1. The molecule has 1 saturated heterocycles. The van der Waals surface area contributed by atoms with E-state index in [1.54, 1.807) is 0 Å². The van der Waals surface area contributed by atoms with Crippen LogP contribution in [0.25, 0.3) is 0 Å². The minimum atomic E-state index is 0.525. The van der Waals surface area contributed by atoms with Gasteiger partial charge in [0, 0.05) is 18.8 Å². The van der Waals surface area contributed by atoms with Gasteiger partial charge in [-0.2, -0.15) is 0 Å². The van der Waals surface area contributed by atoms with Crippen LogP contribution in [0.2, 0.25) is 5.15 Å². The molecule has 0 unspecified atom stereocenters. The minimum Gasteiger partial charge on any atom is -0.378 e. The number of hydrogen-bond donors (Lipinski definition) is 0. The Balaban J connectivity index is 2.18. The number of ether oxygens (including phenoxy) is 1. The lowest BCUT2D eigenvalue weighted by atomic mass is 10.1. The van der Waals surface area contributed by atoms with Crippen molar-refractivity contribution >= 4 is 17.5 Å². The Labute approximate surface area is 107 Å². The van der Waals surface area contributed by atoms with E-state index in [0.717, 1.165) is 44.4 Å². The predicted molar refractivity (Wildman–Crippen MR) is 68.6 cm³/mol. The summed E-state index contributed by atoms with van der Waals surface area (Å²) in [6, 6.07) is 1.85. The monoisotopic (exact) mass is 255 g/mol. The molecule has 0 bridgehead atoms. The first kappa shape index (κ1) is 12.6. The normalized spacial score (nSPS) is 16.6. The lowest BCUT2D eigenvalue weighted by Gasteiger charge is -2.27. The Morgan fingerprint density at radius 2 is 2.06 bits per heavy atom. The first-order valence-electron chi connectivity index (χ1n) is 6.01. The third-order valence-corrected chi connectivity index (χ3v) is 2.84. The van der Waals surface area contributed by atoms with Gasteiger partial charge < -0.3 is 9.64 Å². The number of aromatic nitrogens is 2. The minimum absolute atomic E-state index is 0.525. The van der Waals surface area contributed by atoms with Crippen LogP contribution >= 0.6 is 11.6 Å². The van der Waals surface area contributed by atoms with Crippen molar-refractivity contribution in [1.82, 2.24) is 9.97 Å². The second-order valence-electron chi connectivity index (χ2n) is 4.68. The average Bonchev–Trinajstić information content (AvgIpc) is 2.28. The first-order chi connectivity index (χ1) is 8.15. The maximum absolute atomic E-state index is 6.04. The third kappa shape index (κ3) is 3.54. The molecule has 1 aliphatic rings. The van der Waals surface area contributed by atoms with Crippen LogP contribution in [0.3, 0.4) is 0 Å². The van der Waals surface area contributed by atoms with Crippen LogP contribution in [0.15, 0.2) is 6.07 Å².